The number of halogens is 3. The van der Waals surface area contributed by atoms with Crippen LogP contribution in [-0.4, -0.2) is 28.3 Å². The number of rotatable bonds is 4. The Morgan fingerprint density at radius 3 is 1.71 bits per heavy atom. The first-order valence-electron chi connectivity index (χ1n) is 6.67. The number of esters is 3. The van der Waals surface area contributed by atoms with Crippen molar-refractivity contribution in [2.75, 3.05) is 6.61 Å². The molecule has 0 aliphatic heterocycles. The summed E-state index contributed by atoms with van der Waals surface area (Å²) in [4.78, 5) is 34.8. The number of hydrogen-bond acceptors (Lipinski definition) is 6. The number of hydrogen-bond donors (Lipinski definition) is 0. The second-order valence-electron chi connectivity index (χ2n) is 4.88. The van der Waals surface area contributed by atoms with Crippen LogP contribution in [0.3, 0.4) is 0 Å². The van der Waals surface area contributed by atoms with Crippen molar-refractivity contribution in [3.8, 4) is 11.5 Å². The smallest absolute Gasteiger partial charge is 0.339 e. The Bertz CT molecular complexity index is 639. The second kappa shape index (κ2) is 8.05. The average molecular weight is 398 g/mol. The maximum Gasteiger partial charge on any atom is 0.339 e. The van der Waals surface area contributed by atoms with Crippen molar-refractivity contribution in [1.29, 1.82) is 0 Å². The molecule has 0 bridgehead atoms. The van der Waals surface area contributed by atoms with E-state index >= 15 is 0 Å². The summed E-state index contributed by atoms with van der Waals surface area (Å²) in [6, 6.07) is 1.35. The molecule has 0 saturated heterocycles. The molecular formula is C15H15Cl3O6. The first-order valence-corrected chi connectivity index (χ1v) is 7.80. The summed E-state index contributed by atoms with van der Waals surface area (Å²) >= 11 is 16.7. The molecule has 1 aromatic rings. The Kier molecular flexibility index (Phi) is 6.89. The summed E-state index contributed by atoms with van der Waals surface area (Å²) in [5.74, 6) is -1.89. The third-order valence-electron chi connectivity index (χ3n) is 2.83. The summed E-state index contributed by atoms with van der Waals surface area (Å²) in [7, 11) is 0. The quantitative estimate of drug-likeness (QED) is 0.438. The third kappa shape index (κ3) is 5.85. The van der Waals surface area contributed by atoms with Crippen LogP contribution in [0.2, 0.25) is 0 Å². The molecule has 0 aromatic heterocycles. The minimum absolute atomic E-state index is 0.0549. The lowest BCUT2D eigenvalue weighted by molar-refractivity contribution is -0.132. The van der Waals surface area contributed by atoms with Gasteiger partial charge in [-0.25, -0.2) is 4.79 Å². The molecule has 0 aliphatic carbocycles. The van der Waals surface area contributed by atoms with Gasteiger partial charge in [0.2, 0.25) is 3.79 Å². The first-order chi connectivity index (χ1) is 10.9. The standard InChI is InChI=1S/C15H15Cl3O6/c1-7-11(23-9(3)19)5-12(24-10(4)20)8(2)13(7)14(21)22-6-15(16,17)18/h5H,6H2,1-4H3. The van der Waals surface area contributed by atoms with E-state index in [1.165, 1.54) is 19.9 Å². The topological polar surface area (TPSA) is 78.9 Å². The predicted molar refractivity (Wildman–Crippen MR) is 89.1 cm³/mol. The predicted octanol–water partition coefficient (Wildman–Crippen LogP) is 3.68. The Morgan fingerprint density at radius 1 is 0.958 bits per heavy atom. The molecule has 24 heavy (non-hydrogen) atoms. The van der Waals surface area contributed by atoms with Gasteiger partial charge in [0.25, 0.3) is 0 Å². The lowest BCUT2D eigenvalue weighted by Crippen LogP contribution is -2.19. The van der Waals surface area contributed by atoms with E-state index in [1.54, 1.807) is 13.8 Å². The molecule has 0 N–H and O–H groups in total. The molecule has 1 aromatic carbocycles. The summed E-state index contributed by atoms with van der Waals surface area (Å²) in [6.07, 6.45) is 0. The Hall–Kier alpha value is -1.50. The highest BCUT2D eigenvalue weighted by molar-refractivity contribution is 6.67. The number of ether oxygens (including phenoxy) is 3. The minimum Gasteiger partial charge on any atom is -0.458 e. The van der Waals surface area contributed by atoms with Crippen molar-refractivity contribution in [1.82, 2.24) is 0 Å². The summed E-state index contributed by atoms with van der Waals surface area (Å²) in [6.45, 7) is 5.02. The van der Waals surface area contributed by atoms with E-state index in [-0.39, 0.29) is 17.1 Å². The molecule has 0 heterocycles. The highest BCUT2D eigenvalue weighted by Gasteiger charge is 2.27. The Balaban J connectivity index is 3.36. The van der Waals surface area contributed by atoms with Gasteiger partial charge in [0.1, 0.15) is 18.1 Å². The monoisotopic (exact) mass is 396 g/mol. The fraction of sp³-hybridized carbons (Fsp3) is 0.400. The third-order valence-corrected chi connectivity index (χ3v) is 3.16. The van der Waals surface area contributed by atoms with Crippen molar-refractivity contribution < 1.29 is 28.6 Å². The molecule has 0 atom stereocenters. The molecule has 0 saturated carbocycles. The average Bonchev–Trinajstić information content (AvgIpc) is 2.40. The number of benzene rings is 1. The Labute approximate surface area is 153 Å². The summed E-state index contributed by atoms with van der Waals surface area (Å²) in [5, 5.41) is 0. The van der Waals surface area contributed by atoms with E-state index in [4.69, 9.17) is 49.0 Å². The molecule has 6 nitrogen and oxygen atoms in total. The molecule has 132 valence electrons. The zero-order valence-corrected chi connectivity index (χ0v) is 15.6. The van der Waals surface area contributed by atoms with E-state index in [0.29, 0.717) is 11.1 Å². The van der Waals surface area contributed by atoms with E-state index in [9.17, 15) is 14.4 Å². The van der Waals surface area contributed by atoms with Crippen LogP contribution in [0.1, 0.15) is 35.3 Å². The van der Waals surface area contributed by atoms with Gasteiger partial charge in [-0.15, -0.1) is 0 Å². The maximum absolute atomic E-state index is 12.3. The summed E-state index contributed by atoms with van der Waals surface area (Å²) in [5.41, 5.74) is 0.708. The van der Waals surface area contributed by atoms with Crippen LogP contribution < -0.4 is 9.47 Å². The largest absolute Gasteiger partial charge is 0.458 e. The van der Waals surface area contributed by atoms with Gasteiger partial charge in [0.15, 0.2) is 0 Å². The van der Waals surface area contributed by atoms with Crippen LogP contribution in [-0.2, 0) is 14.3 Å². The lowest BCUT2D eigenvalue weighted by atomic mass is 10.0. The number of carbonyl (C=O) groups excluding carboxylic acids is 3. The molecule has 0 spiro atoms. The van der Waals surface area contributed by atoms with Gasteiger partial charge in [-0.2, -0.15) is 0 Å². The van der Waals surface area contributed by atoms with Crippen LogP contribution in [0.4, 0.5) is 0 Å². The van der Waals surface area contributed by atoms with E-state index < -0.39 is 28.3 Å². The zero-order valence-electron chi connectivity index (χ0n) is 13.4. The molecule has 0 fully saturated rings. The molecule has 1 rings (SSSR count). The molecule has 0 unspecified atom stereocenters. The van der Waals surface area contributed by atoms with Gasteiger partial charge < -0.3 is 14.2 Å². The van der Waals surface area contributed by atoms with E-state index in [2.05, 4.69) is 0 Å². The fourth-order valence-electron chi connectivity index (χ4n) is 1.91. The van der Waals surface area contributed by atoms with Crippen LogP contribution in [0.25, 0.3) is 0 Å². The Morgan fingerprint density at radius 2 is 1.38 bits per heavy atom. The minimum atomic E-state index is -1.77. The maximum atomic E-state index is 12.3. The molecule has 0 amide bonds. The molecule has 0 radical (unpaired) electrons. The zero-order chi connectivity index (χ0) is 18.7. The van der Waals surface area contributed by atoms with Crippen LogP contribution in [0.5, 0.6) is 11.5 Å². The van der Waals surface area contributed by atoms with Crippen molar-refractivity contribution in [3.05, 3.63) is 22.8 Å². The van der Waals surface area contributed by atoms with E-state index in [1.807, 2.05) is 0 Å². The number of alkyl halides is 3. The van der Waals surface area contributed by atoms with Crippen molar-refractivity contribution in [2.45, 2.75) is 31.5 Å². The van der Waals surface area contributed by atoms with Gasteiger partial charge in [-0.3, -0.25) is 9.59 Å². The van der Waals surface area contributed by atoms with Crippen LogP contribution >= 0.6 is 34.8 Å². The second-order valence-corrected chi connectivity index (χ2v) is 7.39. The van der Waals surface area contributed by atoms with Crippen molar-refractivity contribution in [3.63, 3.8) is 0 Å². The van der Waals surface area contributed by atoms with Crippen LogP contribution in [0, 0.1) is 13.8 Å². The van der Waals surface area contributed by atoms with E-state index in [0.717, 1.165) is 0 Å². The normalized spacial score (nSPS) is 11.0. The summed E-state index contributed by atoms with van der Waals surface area (Å²) < 4.78 is 13.3. The van der Waals surface area contributed by atoms with Crippen molar-refractivity contribution in [2.24, 2.45) is 0 Å². The molecular weight excluding hydrogens is 383 g/mol. The van der Waals surface area contributed by atoms with Gasteiger partial charge in [0, 0.05) is 31.0 Å². The SMILES string of the molecule is CC(=O)Oc1cc(OC(C)=O)c(C)c(C(=O)OCC(Cl)(Cl)Cl)c1C. The lowest BCUT2D eigenvalue weighted by Gasteiger charge is -2.17. The first kappa shape index (κ1) is 20.5. The van der Waals surface area contributed by atoms with Gasteiger partial charge in [-0.1, -0.05) is 34.8 Å². The molecule has 9 heteroatoms. The van der Waals surface area contributed by atoms with Gasteiger partial charge in [-0.05, 0) is 13.8 Å². The van der Waals surface area contributed by atoms with Gasteiger partial charge >= 0.3 is 17.9 Å². The van der Waals surface area contributed by atoms with Crippen LogP contribution in [0.15, 0.2) is 6.07 Å². The van der Waals surface area contributed by atoms with Gasteiger partial charge in [0.05, 0.1) is 5.56 Å². The highest BCUT2D eigenvalue weighted by Crippen LogP contribution is 2.34. The number of carbonyl (C=O) groups is 3. The fourth-order valence-corrected chi connectivity index (χ4v) is 2.07. The van der Waals surface area contributed by atoms with Crippen molar-refractivity contribution >= 4 is 52.7 Å². The molecule has 0 aliphatic rings. The highest BCUT2D eigenvalue weighted by atomic mass is 35.6.